The molecular weight excluding hydrogens is 487 g/mol. The van der Waals surface area contributed by atoms with Crippen LogP contribution in [0.2, 0.25) is 0 Å². The minimum Gasteiger partial charge on any atom is -0.357 e. The smallest absolute Gasteiger partial charge is 0.194 e. The van der Waals surface area contributed by atoms with Gasteiger partial charge in [0.25, 0.3) is 0 Å². The van der Waals surface area contributed by atoms with E-state index in [9.17, 15) is 0 Å². The van der Waals surface area contributed by atoms with E-state index in [0.717, 1.165) is 51.8 Å². The normalized spacial score (nSPS) is 15.7. The molecule has 2 heterocycles. The highest BCUT2D eigenvalue weighted by atomic mass is 127. The van der Waals surface area contributed by atoms with E-state index in [4.69, 9.17) is 4.99 Å². The zero-order valence-electron chi connectivity index (χ0n) is 18.8. The summed E-state index contributed by atoms with van der Waals surface area (Å²) in [5.41, 5.74) is 3.90. The first-order chi connectivity index (χ1) is 14.0. The third-order valence-corrected chi connectivity index (χ3v) is 5.58. The number of nitrogens with zero attached hydrogens (tertiary/aromatic N) is 5. The molecule has 0 radical (unpaired) electrons. The minimum absolute atomic E-state index is 0. The standard InChI is InChI=1S/C23H36N6.HI/c1-5-24-23(28(4)19-22-7-6-12-27(22)3)25-17-20-8-10-21(11-9-20)18-29-15-13-26(2)14-16-29;/h6-12H,5,13-19H2,1-4H3,(H,24,25);1H. The molecule has 166 valence electrons. The Hall–Kier alpha value is -1.58. The molecule has 1 fully saturated rings. The fourth-order valence-electron chi connectivity index (χ4n) is 3.63. The van der Waals surface area contributed by atoms with Gasteiger partial charge in [0.05, 0.1) is 13.1 Å². The SMILES string of the molecule is CCNC(=NCc1ccc(CN2CCN(C)CC2)cc1)N(C)Cc1cccn1C.I. The Labute approximate surface area is 199 Å². The van der Waals surface area contributed by atoms with Gasteiger partial charge in [-0.3, -0.25) is 4.90 Å². The molecule has 1 aliphatic heterocycles. The molecule has 2 aromatic rings. The quantitative estimate of drug-likeness (QED) is 0.344. The summed E-state index contributed by atoms with van der Waals surface area (Å²) in [5.74, 6) is 0.940. The third-order valence-electron chi connectivity index (χ3n) is 5.58. The van der Waals surface area contributed by atoms with Gasteiger partial charge in [-0.05, 0) is 37.2 Å². The number of aryl methyl sites for hydroxylation is 1. The van der Waals surface area contributed by atoms with Gasteiger partial charge in [-0.2, -0.15) is 0 Å². The first kappa shape index (κ1) is 24.7. The number of piperazine rings is 1. The maximum atomic E-state index is 4.85. The summed E-state index contributed by atoms with van der Waals surface area (Å²) in [5, 5.41) is 3.41. The predicted molar refractivity (Wildman–Crippen MR) is 136 cm³/mol. The molecule has 1 N–H and O–H groups in total. The van der Waals surface area contributed by atoms with Crippen molar-refractivity contribution < 1.29 is 0 Å². The van der Waals surface area contributed by atoms with Crippen molar-refractivity contribution in [3.05, 3.63) is 59.4 Å². The Balaban J connectivity index is 0.00000320. The number of halogens is 1. The van der Waals surface area contributed by atoms with Gasteiger partial charge < -0.3 is 19.7 Å². The number of hydrogen-bond donors (Lipinski definition) is 1. The van der Waals surface area contributed by atoms with Crippen LogP contribution in [0.15, 0.2) is 47.6 Å². The summed E-state index contributed by atoms with van der Waals surface area (Å²) in [6.45, 7) is 10.2. The number of aliphatic imine (C=N–C) groups is 1. The number of rotatable bonds is 7. The molecule has 0 atom stereocenters. The zero-order valence-corrected chi connectivity index (χ0v) is 21.2. The first-order valence-corrected chi connectivity index (χ1v) is 10.6. The Morgan fingerprint density at radius 2 is 1.70 bits per heavy atom. The molecule has 1 saturated heterocycles. The van der Waals surface area contributed by atoms with Crippen LogP contribution in [0.3, 0.4) is 0 Å². The van der Waals surface area contributed by atoms with Gasteiger partial charge in [-0.1, -0.05) is 24.3 Å². The molecule has 1 aliphatic rings. The lowest BCUT2D eigenvalue weighted by Gasteiger charge is -2.32. The van der Waals surface area contributed by atoms with Crippen molar-refractivity contribution in [2.75, 3.05) is 46.8 Å². The molecule has 0 aliphatic carbocycles. The highest BCUT2D eigenvalue weighted by Crippen LogP contribution is 2.11. The lowest BCUT2D eigenvalue weighted by Crippen LogP contribution is -2.43. The van der Waals surface area contributed by atoms with E-state index in [0.29, 0.717) is 6.54 Å². The second-order valence-corrected chi connectivity index (χ2v) is 8.03. The van der Waals surface area contributed by atoms with Gasteiger partial charge in [0.2, 0.25) is 0 Å². The van der Waals surface area contributed by atoms with E-state index in [-0.39, 0.29) is 24.0 Å². The molecular formula is C23H37IN6. The average molecular weight is 524 g/mol. The van der Waals surface area contributed by atoms with Crippen LogP contribution >= 0.6 is 24.0 Å². The van der Waals surface area contributed by atoms with Gasteiger partial charge in [0.1, 0.15) is 0 Å². The number of aromatic nitrogens is 1. The monoisotopic (exact) mass is 524 g/mol. The maximum Gasteiger partial charge on any atom is 0.194 e. The van der Waals surface area contributed by atoms with Gasteiger partial charge in [-0.15, -0.1) is 24.0 Å². The highest BCUT2D eigenvalue weighted by molar-refractivity contribution is 14.0. The van der Waals surface area contributed by atoms with E-state index in [1.54, 1.807) is 0 Å². The molecule has 0 bridgehead atoms. The summed E-state index contributed by atoms with van der Waals surface area (Å²) in [6, 6.07) is 13.2. The molecule has 1 aromatic heterocycles. The van der Waals surface area contributed by atoms with Crippen LogP contribution in [0.25, 0.3) is 0 Å². The number of guanidine groups is 1. The number of nitrogens with one attached hydrogen (secondary N) is 1. The molecule has 3 rings (SSSR count). The van der Waals surface area contributed by atoms with Crippen molar-refractivity contribution >= 4 is 29.9 Å². The fourth-order valence-corrected chi connectivity index (χ4v) is 3.63. The van der Waals surface area contributed by atoms with Gasteiger partial charge in [0, 0.05) is 65.3 Å². The first-order valence-electron chi connectivity index (χ1n) is 10.6. The summed E-state index contributed by atoms with van der Waals surface area (Å²) in [7, 11) is 6.37. The second kappa shape index (κ2) is 12.3. The van der Waals surface area contributed by atoms with E-state index >= 15 is 0 Å². The lowest BCUT2D eigenvalue weighted by molar-refractivity contribution is 0.148. The fraction of sp³-hybridized carbons (Fsp3) is 0.522. The molecule has 7 heteroatoms. The van der Waals surface area contributed by atoms with Gasteiger partial charge in [-0.25, -0.2) is 4.99 Å². The van der Waals surface area contributed by atoms with Crippen LogP contribution in [-0.2, 0) is 26.7 Å². The topological polar surface area (TPSA) is 39.0 Å². The largest absolute Gasteiger partial charge is 0.357 e. The Kier molecular flexibility index (Phi) is 10.1. The van der Waals surface area contributed by atoms with Crippen LogP contribution in [0, 0.1) is 0 Å². The number of hydrogen-bond acceptors (Lipinski definition) is 3. The van der Waals surface area contributed by atoms with Gasteiger partial charge >= 0.3 is 0 Å². The third kappa shape index (κ3) is 7.28. The van der Waals surface area contributed by atoms with Crippen molar-refractivity contribution in [3.63, 3.8) is 0 Å². The van der Waals surface area contributed by atoms with Gasteiger partial charge in [0.15, 0.2) is 5.96 Å². The lowest BCUT2D eigenvalue weighted by atomic mass is 10.1. The molecule has 0 unspecified atom stereocenters. The summed E-state index contributed by atoms with van der Waals surface area (Å²) < 4.78 is 2.15. The highest BCUT2D eigenvalue weighted by Gasteiger charge is 2.13. The van der Waals surface area contributed by atoms with E-state index in [1.807, 2.05) is 0 Å². The molecule has 0 saturated carbocycles. The van der Waals surface area contributed by atoms with Crippen LogP contribution in [0.4, 0.5) is 0 Å². The molecule has 0 amide bonds. The van der Waals surface area contributed by atoms with E-state index in [2.05, 4.69) is 95.2 Å². The predicted octanol–water partition coefficient (Wildman–Crippen LogP) is 2.99. The zero-order chi connectivity index (χ0) is 20.6. The second-order valence-electron chi connectivity index (χ2n) is 8.03. The molecule has 1 aromatic carbocycles. The van der Waals surface area contributed by atoms with E-state index < -0.39 is 0 Å². The van der Waals surface area contributed by atoms with Crippen molar-refractivity contribution in [1.29, 1.82) is 0 Å². The van der Waals surface area contributed by atoms with E-state index in [1.165, 1.54) is 16.8 Å². The van der Waals surface area contributed by atoms with Crippen LogP contribution in [0.5, 0.6) is 0 Å². The Morgan fingerprint density at radius 3 is 2.30 bits per heavy atom. The minimum atomic E-state index is 0. The van der Waals surface area contributed by atoms with Crippen molar-refractivity contribution in [1.82, 2.24) is 24.6 Å². The number of likely N-dealkylation sites (N-methyl/N-ethyl adjacent to an activating group) is 1. The maximum absolute atomic E-state index is 4.85. The number of benzene rings is 1. The molecule has 30 heavy (non-hydrogen) atoms. The average Bonchev–Trinajstić information content (AvgIpc) is 3.12. The summed E-state index contributed by atoms with van der Waals surface area (Å²) in [4.78, 5) is 12.0. The summed E-state index contributed by atoms with van der Waals surface area (Å²) >= 11 is 0. The summed E-state index contributed by atoms with van der Waals surface area (Å²) in [6.07, 6.45) is 2.08. The van der Waals surface area contributed by atoms with Crippen LogP contribution < -0.4 is 5.32 Å². The molecule has 6 nitrogen and oxygen atoms in total. The molecule has 0 spiro atoms. The van der Waals surface area contributed by atoms with Crippen molar-refractivity contribution in [2.24, 2.45) is 12.0 Å². The Morgan fingerprint density at radius 1 is 1.03 bits per heavy atom. The van der Waals surface area contributed by atoms with Crippen molar-refractivity contribution in [3.8, 4) is 0 Å². The van der Waals surface area contributed by atoms with Crippen LogP contribution in [-0.4, -0.2) is 72.0 Å². The Bertz CT molecular complexity index is 777. The van der Waals surface area contributed by atoms with Crippen molar-refractivity contribution in [2.45, 2.75) is 26.6 Å². The van der Waals surface area contributed by atoms with Crippen LogP contribution in [0.1, 0.15) is 23.7 Å².